The number of rotatable bonds is 5. The molecule has 19 heavy (non-hydrogen) atoms. The number of hydrogen-bond acceptors (Lipinski definition) is 5. The topological polar surface area (TPSA) is 51.0 Å². The molecule has 0 radical (unpaired) electrons. The summed E-state index contributed by atoms with van der Waals surface area (Å²) >= 11 is 1.88. The van der Waals surface area contributed by atoms with Gasteiger partial charge < -0.3 is 9.84 Å². The van der Waals surface area contributed by atoms with Crippen LogP contribution in [0, 0.1) is 12.8 Å². The van der Waals surface area contributed by atoms with Crippen LogP contribution in [0.4, 0.5) is 0 Å². The molecule has 1 aliphatic rings. The minimum absolute atomic E-state index is 0.615. The van der Waals surface area contributed by atoms with E-state index in [1.165, 1.54) is 11.3 Å². The minimum atomic E-state index is 0.615. The monoisotopic (exact) mass is 275 g/mol. The molecule has 0 atom stereocenters. The molecule has 0 unspecified atom stereocenters. The zero-order chi connectivity index (χ0) is 13.1. The summed E-state index contributed by atoms with van der Waals surface area (Å²) < 4.78 is 5.32. The first-order valence-corrected chi connectivity index (χ1v) is 7.65. The summed E-state index contributed by atoms with van der Waals surface area (Å²) in [6.07, 6.45) is 0. The maximum atomic E-state index is 5.32. The first-order chi connectivity index (χ1) is 9.31. The molecule has 1 aromatic heterocycles. The van der Waals surface area contributed by atoms with Gasteiger partial charge in [-0.2, -0.15) is 16.7 Å². The molecule has 100 valence electrons. The van der Waals surface area contributed by atoms with E-state index in [0.29, 0.717) is 5.89 Å². The summed E-state index contributed by atoms with van der Waals surface area (Å²) in [4.78, 5) is 4.45. The van der Waals surface area contributed by atoms with E-state index in [9.17, 15) is 0 Å². The summed E-state index contributed by atoms with van der Waals surface area (Å²) in [5.74, 6) is 4.21. The number of aryl methyl sites for hydroxylation is 1. The Labute approximate surface area is 117 Å². The van der Waals surface area contributed by atoms with Gasteiger partial charge in [-0.3, -0.25) is 0 Å². The van der Waals surface area contributed by atoms with Crippen LogP contribution in [0.25, 0.3) is 11.5 Å². The summed E-state index contributed by atoms with van der Waals surface area (Å²) in [5, 5.41) is 7.32. The van der Waals surface area contributed by atoms with E-state index in [2.05, 4.69) is 34.5 Å². The zero-order valence-electron chi connectivity index (χ0n) is 10.9. The summed E-state index contributed by atoms with van der Waals surface area (Å²) in [6.45, 7) is 4.35. The van der Waals surface area contributed by atoms with Crippen LogP contribution in [0.2, 0.25) is 0 Å². The van der Waals surface area contributed by atoms with Gasteiger partial charge in [0, 0.05) is 5.56 Å². The van der Waals surface area contributed by atoms with Crippen LogP contribution in [-0.4, -0.2) is 29.0 Å². The molecule has 1 aromatic carbocycles. The number of nitrogens with zero attached hydrogens (tertiary/aromatic N) is 2. The quantitative estimate of drug-likeness (QED) is 0.908. The first-order valence-electron chi connectivity index (χ1n) is 6.49. The molecule has 3 rings (SSSR count). The molecular formula is C14H17N3OS. The van der Waals surface area contributed by atoms with Crippen molar-refractivity contribution in [3.63, 3.8) is 0 Å². The van der Waals surface area contributed by atoms with E-state index in [1.54, 1.807) is 0 Å². The van der Waals surface area contributed by atoms with E-state index < -0.39 is 0 Å². The molecular weight excluding hydrogens is 258 g/mol. The minimum Gasteiger partial charge on any atom is -0.334 e. The molecule has 0 bridgehead atoms. The molecule has 0 spiro atoms. The Morgan fingerprint density at radius 3 is 3.05 bits per heavy atom. The second-order valence-electron chi connectivity index (χ2n) is 4.92. The van der Waals surface area contributed by atoms with Crippen LogP contribution in [0.1, 0.15) is 11.4 Å². The second-order valence-corrected chi connectivity index (χ2v) is 5.95. The van der Waals surface area contributed by atoms with Crippen LogP contribution in [0.5, 0.6) is 0 Å². The van der Waals surface area contributed by atoms with E-state index >= 15 is 0 Å². The van der Waals surface area contributed by atoms with Gasteiger partial charge in [-0.05, 0) is 43.8 Å². The molecule has 5 heteroatoms. The van der Waals surface area contributed by atoms with Crippen molar-refractivity contribution in [2.24, 2.45) is 5.92 Å². The molecule has 4 nitrogen and oxygen atoms in total. The predicted molar refractivity (Wildman–Crippen MR) is 77.0 cm³/mol. The number of aromatic nitrogens is 2. The maximum absolute atomic E-state index is 5.32. The summed E-state index contributed by atoms with van der Waals surface area (Å²) in [6, 6.07) is 8.12. The van der Waals surface area contributed by atoms with Crippen molar-refractivity contribution in [3.05, 3.63) is 35.7 Å². The fraction of sp³-hybridized carbons (Fsp3) is 0.429. The van der Waals surface area contributed by atoms with Crippen molar-refractivity contribution in [2.45, 2.75) is 12.7 Å². The molecule has 2 aromatic rings. The smallest absolute Gasteiger partial charge is 0.257 e. The van der Waals surface area contributed by atoms with Gasteiger partial charge in [0.2, 0.25) is 0 Å². The Kier molecular flexibility index (Phi) is 3.84. The third-order valence-corrected chi connectivity index (χ3v) is 4.35. The molecule has 0 aliphatic carbocycles. The van der Waals surface area contributed by atoms with Gasteiger partial charge in [0.25, 0.3) is 5.89 Å². The molecule has 1 saturated heterocycles. The Morgan fingerprint density at radius 2 is 2.32 bits per heavy atom. The van der Waals surface area contributed by atoms with E-state index in [1.807, 2.05) is 23.9 Å². The summed E-state index contributed by atoms with van der Waals surface area (Å²) in [5.41, 5.74) is 2.19. The average Bonchev–Trinajstić information content (AvgIpc) is 2.81. The molecule has 2 heterocycles. The summed E-state index contributed by atoms with van der Waals surface area (Å²) in [7, 11) is 0. The van der Waals surface area contributed by atoms with Crippen molar-refractivity contribution < 1.29 is 4.52 Å². The largest absolute Gasteiger partial charge is 0.334 e. The Balaban J connectivity index is 1.59. The van der Waals surface area contributed by atoms with Crippen molar-refractivity contribution >= 4 is 11.8 Å². The number of thioether (sulfide) groups is 1. The molecule has 0 saturated carbocycles. The van der Waals surface area contributed by atoms with Gasteiger partial charge in [0.05, 0.1) is 5.75 Å². The van der Waals surface area contributed by atoms with Crippen LogP contribution in [-0.2, 0) is 5.75 Å². The van der Waals surface area contributed by atoms with Crippen molar-refractivity contribution in [2.75, 3.05) is 18.8 Å². The predicted octanol–water partition coefficient (Wildman–Crippen LogP) is 2.50. The van der Waals surface area contributed by atoms with E-state index in [-0.39, 0.29) is 0 Å². The standard InChI is InChI=1S/C14H17N3OS/c1-10-3-2-4-12(5-10)14-16-13(17-18-14)9-19-8-11-6-15-7-11/h2-5,11,15H,6-9H2,1H3. The van der Waals surface area contributed by atoms with E-state index in [0.717, 1.165) is 36.1 Å². The maximum Gasteiger partial charge on any atom is 0.257 e. The van der Waals surface area contributed by atoms with Crippen molar-refractivity contribution in [1.29, 1.82) is 0 Å². The number of nitrogens with one attached hydrogen (secondary N) is 1. The Bertz CT molecular complexity index is 551. The third-order valence-electron chi connectivity index (χ3n) is 3.18. The molecule has 1 aliphatic heterocycles. The first kappa shape index (κ1) is 12.7. The highest BCUT2D eigenvalue weighted by atomic mass is 32.2. The Morgan fingerprint density at radius 1 is 1.42 bits per heavy atom. The third kappa shape index (κ3) is 3.16. The molecule has 1 N–H and O–H groups in total. The second kappa shape index (κ2) is 5.75. The van der Waals surface area contributed by atoms with Gasteiger partial charge >= 0.3 is 0 Å². The number of benzene rings is 1. The highest BCUT2D eigenvalue weighted by molar-refractivity contribution is 7.98. The lowest BCUT2D eigenvalue weighted by Gasteiger charge is -2.26. The van der Waals surface area contributed by atoms with Gasteiger partial charge in [0.1, 0.15) is 0 Å². The number of hydrogen-bond donors (Lipinski definition) is 1. The van der Waals surface area contributed by atoms with Crippen LogP contribution in [0.3, 0.4) is 0 Å². The molecule has 1 fully saturated rings. The zero-order valence-corrected chi connectivity index (χ0v) is 11.7. The van der Waals surface area contributed by atoms with Crippen LogP contribution < -0.4 is 5.32 Å². The van der Waals surface area contributed by atoms with Crippen LogP contribution in [0.15, 0.2) is 28.8 Å². The van der Waals surface area contributed by atoms with Crippen molar-refractivity contribution in [3.8, 4) is 11.5 Å². The van der Waals surface area contributed by atoms with Gasteiger partial charge in [-0.15, -0.1) is 0 Å². The fourth-order valence-corrected chi connectivity index (χ4v) is 2.98. The normalized spacial score (nSPS) is 15.4. The lowest BCUT2D eigenvalue weighted by Crippen LogP contribution is -2.43. The van der Waals surface area contributed by atoms with Crippen LogP contribution >= 0.6 is 11.8 Å². The SMILES string of the molecule is Cc1cccc(-c2nc(CSCC3CNC3)no2)c1. The van der Waals surface area contributed by atoms with E-state index in [4.69, 9.17) is 4.52 Å². The highest BCUT2D eigenvalue weighted by Crippen LogP contribution is 2.21. The molecule has 0 amide bonds. The average molecular weight is 275 g/mol. The van der Waals surface area contributed by atoms with Gasteiger partial charge in [-0.25, -0.2) is 0 Å². The highest BCUT2D eigenvalue weighted by Gasteiger charge is 2.17. The van der Waals surface area contributed by atoms with Gasteiger partial charge in [-0.1, -0.05) is 22.9 Å². The Hall–Kier alpha value is -1.33. The lowest BCUT2D eigenvalue weighted by atomic mass is 10.1. The fourth-order valence-electron chi connectivity index (χ4n) is 1.99. The van der Waals surface area contributed by atoms with Crippen molar-refractivity contribution in [1.82, 2.24) is 15.5 Å². The lowest BCUT2D eigenvalue weighted by molar-refractivity contribution is 0.385. The van der Waals surface area contributed by atoms with Gasteiger partial charge in [0.15, 0.2) is 5.82 Å².